The Morgan fingerprint density at radius 1 is 1.31 bits per heavy atom. The highest BCUT2D eigenvalue weighted by molar-refractivity contribution is 8.03. The number of hydrogen-bond acceptors (Lipinski definition) is 6. The van der Waals surface area contributed by atoms with Gasteiger partial charge in [-0.3, -0.25) is 9.59 Å². The van der Waals surface area contributed by atoms with Crippen molar-refractivity contribution in [3.63, 3.8) is 0 Å². The first kappa shape index (κ1) is 23.2. The summed E-state index contributed by atoms with van der Waals surface area (Å²) >= 11 is 6.91. The van der Waals surface area contributed by atoms with E-state index < -0.39 is 29.6 Å². The van der Waals surface area contributed by atoms with Crippen molar-refractivity contribution in [3.05, 3.63) is 57.1 Å². The second-order valence-corrected chi connectivity index (χ2v) is 9.60. The molecular weight excluding hydrogens is 460 g/mol. The van der Waals surface area contributed by atoms with Crippen molar-refractivity contribution in [2.24, 2.45) is 11.7 Å². The highest BCUT2D eigenvalue weighted by Gasteiger charge is 2.42. The van der Waals surface area contributed by atoms with Gasteiger partial charge < -0.3 is 20.7 Å². The summed E-state index contributed by atoms with van der Waals surface area (Å²) in [6.07, 6.45) is 3.01. The fourth-order valence-electron chi connectivity index (χ4n) is 4.03. The zero-order chi connectivity index (χ0) is 22.8. The fraction of sp³-hybridized carbons (Fsp3) is 0.455. The summed E-state index contributed by atoms with van der Waals surface area (Å²) in [7, 11) is 0. The maximum absolute atomic E-state index is 15.3. The number of thioether (sulfide) groups is 1. The number of hydrogen-bond donors (Lipinski definition) is 2. The molecule has 2 saturated heterocycles. The van der Waals surface area contributed by atoms with Crippen molar-refractivity contribution in [2.45, 2.75) is 31.5 Å². The minimum atomic E-state index is -0.950. The molecule has 0 aromatic heterocycles. The van der Waals surface area contributed by atoms with Crippen LogP contribution in [0.25, 0.3) is 0 Å². The summed E-state index contributed by atoms with van der Waals surface area (Å²) in [5.41, 5.74) is 6.31. The van der Waals surface area contributed by atoms with Gasteiger partial charge in [-0.25, -0.2) is 8.78 Å². The van der Waals surface area contributed by atoms with E-state index in [1.807, 2.05) is 0 Å². The number of Topliss-reactive ketones (excluding diaryl/α,β-unsaturated/α-hetero) is 1. The van der Waals surface area contributed by atoms with Crippen molar-refractivity contribution in [2.75, 3.05) is 25.5 Å². The summed E-state index contributed by atoms with van der Waals surface area (Å²) in [4.78, 5) is 27.4. The lowest BCUT2D eigenvalue weighted by atomic mass is 9.97. The Labute approximate surface area is 194 Å². The summed E-state index contributed by atoms with van der Waals surface area (Å²) in [5.74, 6) is -1.67. The third kappa shape index (κ3) is 4.85. The molecule has 2 atom stereocenters. The van der Waals surface area contributed by atoms with E-state index in [0.717, 1.165) is 24.6 Å². The van der Waals surface area contributed by atoms with Gasteiger partial charge in [0.1, 0.15) is 17.7 Å². The summed E-state index contributed by atoms with van der Waals surface area (Å²) in [6.45, 7) is 1.80. The van der Waals surface area contributed by atoms with Gasteiger partial charge in [-0.15, -0.1) is 11.8 Å². The van der Waals surface area contributed by atoms with E-state index in [-0.39, 0.29) is 39.5 Å². The van der Waals surface area contributed by atoms with Crippen molar-refractivity contribution in [1.82, 2.24) is 10.2 Å². The second-order valence-electron chi connectivity index (χ2n) is 8.13. The molecule has 2 fully saturated rings. The average Bonchev–Trinajstić information content (AvgIpc) is 2.79. The Bertz CT molecular complexity index is 981. The minimum absolute atomic E-state index is 0.0194. The van der Waals surface area contributed by atoms with E-state index in [1.165, 1.54) is 18.3 Å². The number of fused-ring (bicyclic) bond motifs is 1. The molecule has 172 valence electrons. The van der Waals surface area contributed by atoms with Gasteiger partial charge in [0.15, 0.2) is 5.78 Å². The SMILES string of the molecule is N[C@H]1CSC2=C(F)C(C(=O)NCC3CCOCC3)=CN(Cc3ccc(Cl)c(F)c3)C2C1=O. The summed E-state index contributed by atoms with van der Waals surface area (Å²) in [6, 6.07) is 2.61. The number of rotatable bonds is 5. The van der Waals surface area contributed by atoms with Crippen molar-refractivity contribution >= 4 is 35.1 Å². The van der Waals surface area contributed by atoms with Crippen LogP contribution in [0.2, 0.25) is 5.02 Å². The average molecular weight is 484 g/mol. The van der Waals surface area contributed by atoms with Crippen LogP contribution < -0.4 is 11.1 Å². The highest BCUT2D eigenvalue weighted by Crippen LogP contribution is 2.40. The number of carbonyl (C=O) groups is 2. The largest absolute Gasteiger partial charge is 0.381 e. The standard InChI is InChI=1S/C22H24ClF2N3O3S/c23-15-2-1-13(7-16(15)24)9-28-10-14(22(30)27-8-12-3-5-31-6-4-12)18(25)21-19(28)20(29)17(26)11-32-21/h1-2,7,10,12,17,19H,3-6,8-9,11,26H2,(H,27,30)/t17-,19?/m0/s1. The number of carbonyl (C=O) groups excluding carboxylic acids is 2. The summed E-state index contributed by atoms with van der Waals surface area (Å²) < 4.78 is 34.6. The molecule has 32 heavy (non-hydrogen) atoms. The van der Waals surface area contributed by atoms with Gasteiger partial charge >= 0.3 is 0 Å². The third-order valence-corrected chi connectivity index (χ3v) is 7.41. The van der Waals surface area contributed by atoms with Crippen molar-refractivity contribution in [1.29, 1.82) is 0 Å². The van der Waals surface area contributed by atoms with Crippen LogP contribution in [0.15, 0.2) is 40.7 Å². The number of amides is 1. The molecule has 3 aliphatic heterocycles. The van der Waals surface area contributed by atoms with Crippen molar-refractivity contribution in [3.8, 4) is 0 Å². The number of halogens is 3. The molecule has 3 aliphatic rings. The van der Waals surface area contributed by atoms with Gasteiger partial charge in [-0.05, 0) is 36.5 Å². The molecule has 4 rings (SSSR count). The van der Waals surface area contributed by atoms with E-state index >= 15 is 4.39 Å². The topological polar surface area (TPSA) is 84.7 Å². The van der Waals surface area contributed by atoms with Crippen LogP contribution in [-0.2, 0) is 20.9 Å². The van der Waals surface area contributed by atoms with Gasteiger partial charge in [0.2, 0.25) is 0 Å². The molecule has 1 aromatic carbocycles. The Kier molecular flexibility index (Phi) is 7.19. The maximum atomic E-state index is 15.3. The normalized spacial score (nSPS) is 24.3. The van der Waals surface area contributed by atoms with E-state index in [4.69, 9.17) is 22.1 Å². The number of nitrogens with two attached hydrogens (primary N) is 1. The van der Waals surface area contributed by atoms with Gasteiger partial charge in [-0.1, -0.05) is 17.7 Å². The van der Waals surface area contributed by atoms with Crippen LogP contribution >= 0.6 is 23.4 Å². The first-order chi connectivity index (χ1) is 15.3. The van der Waals surface area contributed by atoms with E-state index in [1.54, 1.807) is 11.0 Å². The Morgan fingerprint density at radius 2 is 2.06 bits per heavy atom. The molecule has 1 amide bonds. The smallest absolute Gasteiger partial charge is 0.255 e. The molecule has 0 aliphatic carbocycles. The van der Waals surface area contributed by atoms with E-state index in [9.17, 15) is 14.0 Å². The molecule has 6 nitrogen and oxygen atoms in total. The van der Waals surface area contributed by atoms with Gasteiger partial charge in [0.25, 0.3) is 5.91 Å². The maximum Gasteiger partial charge on any atom is 0.255 e. The molecule has 0 bridgehead atoms. The number of benzene rings is 1. The zero-order valence-electron chi connectivity index (χ0n) is 17.3. The molecule has 1 aromatic rings. The number of ketones is 1. The Hall–Kier alpha value is -1.94. The fourth-order valence-corrected chi connectivity index (χ4v) is 5.31. The van der Waals surface area contributed by atoms with Gasteiger partial charge in [-0.2, -0.15) is 0 Å². The quantitative estimate of drug-likeness (QED) is 0.670. The first-order valence-electron chi connectivity index (χ1n) is 10.4. The molecular formula is C22H24ClF2N3O3S. The molecule has 3 N–H and O–H groups in total. The van der Waals surface area contributed by atoms with Crippen LogP contribution in [0.5, 0.6) is 0 Å². The Balaban J connectivity index is 1.59. The predicted molar refractivity (Wildman–Crippen MR) is 119 cm³/mol. The number of nitrogens with zero attached hydrogens (tertiary/aromatic N) is 1. The van der Waals surface area contributed by atoms with Crippen molar-refractivity contribution < 1.29 is 23.1 Å². The Morgan fingerprint density at radius 3 is 2.78 bits per heavy atom. The third-order valence-electron chi connectivity index (χ3n) is 5.87. The molecule has 1 unspecified atom stereocenters. The van der Waals surface area contributed by atoms with Crippen LogP contribution in [-0.4, -0.2) is 54.2 Å². The van der Waals surface area contributed by atoms with Crippen LogP contribution in [0.4, 0.5) is 8.78 Å². The lowest BCUT2D eigenvalue weighted by Gasteiger charge is -2.39. The highest BCUT2D eigenvalue weighted by atomic mass is 35.5. The molecule has 10 heteroatoms. The van der Waals surface area contributed by atoms with E-state index in [0.29, 0.717) is 25.3 Å². The molecule has 0 radical (unpaired) electrons. The summed E-state index contributed by atoms with van der Waals surface area (Å²) in [5, 5.41) is 2.79. The van der Waals surface area contributed by atoms with Crippen LogP contribution in [0.3, 0.4) is 0 Å². The van der Waals surface area contributed by atoms with E-state index in [2.05, 4.69) is 5.32 Å². The molecule has 0 spiro atoms. The zero-order valence-corrected chi connectivity index (χ0v) is 18.9. The number of ether oxygens (including phenoxy) is 1. The lowest BCUT2D eigenvalue weighted by Crippen LogP contribution is -2.52. The monoisotopic (exact) mass is 483 g/mol. The van der Waals surface area contributed by atoms with Crippen LogP contribution in [0, 0.1) is 11.7 Å². The van der Waals surface area contributed by atoms with Gasteiger partial charge in [0, 0.05) is 38.3 Å². The molecule has 0 saturated carbocycles. The van der Waals surface area contributed by atoms with Crippen LogP contribution in [0.1, 0.15) is 18.4 Å². The van der Waals surface area contributed by atoms with Gasteiger partial charge in [0.05, 0.1) is 21.5 Å². The minimum Gasteiger partial charge on any atom is -0.381 e. The molecule has 3 heterocycles. The predicted octanol–water partition coefficient (Wildman–Crippen LogP) is 2.91. The lowest BCUT2D eigenvalue weighted by molar-refractivity contribution is -0.124. The second kappa shape index (κ2) is 9.91. The first-order valence-corrected chi connectivity index (χ1v) is 11.8. The number of nitrogens with one attached hydrogen (secondary N) is 1.